The van der Waals surface area contributed by atoms with Crippen LogP contribution in [-0.4, -0.2) is 16.8 Å². The van der Waals surface area contributed by atoms with Gasteiger partial charge in [-0.15, -0.1) is 0 Å². The van der Waals surface area contributed by atoms with Gasteiger partial charge < -0.3 is 9.52 Å². The quantitative estimate of drug-likeness (QED) is 0.884. The lowest BCUT2D eigenvalue weighted by atomic mass is 10.1. The maximum absolute atomic E-state index is 11.1. The fraction of sp³-hybridized carbons (Fsp3) is 0.250. The molecule has 0 radical (unpaired) electrons. The molecule has 1 aromatic carbocycles. The Morgan fingerprint density at radius 3 is 2.88 bits per heavy atom. The molecule has 16 heavy (non-hydrogen) atoms. The third-order valence-corrected chi connectivity index (χ3v) is 3.24. The van der Waals surface area contributed by atoms with E-state index in [-0.39, 0.29) is 5.76 Å². The van der Waals surface area contributed by atoms with E-state index >= 15 is 0 Å². The molecule has 0 saturated carbocycles. The molecular weight excluding hydrogens is 224 g/mol. The number of carboxylic acid groups (broad SMARTS) is 1. The molecule has 0 unspecified atom stereocenters. The fourth-order valence-corrected chi connectivity index (χ4v) is 2.31. The topological polar surface area (TPSA) is 50.4 Å². The molecule has 0 aliphatic carbocycles. The second-order valence-electron chi connectivity index (χ2n) is 3.35. The highest BCUT2D eigenvalue weighted by Gasteiger charge is 2.18. The van der Waals surface area contributed by atoms with Crippen molar-refractivity contribution in [1.82, 2.24) is 0 Å². The lowest BCUT2D eigenvalue weighted by Crippen LogP contribution is -1.97. The average Bonchev–Trinajstić information content (AvgIpc) is 2.65. The molecule has 0 aliphatic heterocycles. The standard InChI is InChI=1S/C12H12O3S/c1-2-16-7-9-8-5-3-4-6-10(8)15-11(9)12(13)14/h3-6H,2,7H2,1H3,(H,13,14). The number of hydrogen-bond acceptors (Lipinski definition) is 3. The minimum atomic E-state index is -0.997. The molecular formula is C12H12O3S. The molecule has 0 spiro atoms. The van der Waals surface area contributed by atoms with E-state index < -0.39 is 5.97 Å². The Kier molecular flexibility index (Phi) is 3.19. The summed E-state index contributed by atoms with van der Waals surface area (Å²) in [5.74, 6) is 0.707. The number of rotatable bonds is 4. The van der Waals surface area contributed by atoms with E-state index in [1.165, 1.54) is 0 Å². The Morgan fingerprint density at radius 2 is 2.19 bits per heavy atom. The van der Waals surface area contributed by atoms with Crippen molar-refractivity contribution in [3.05, 3.63) is 35.6 Å². The normalized spacial score (nSPS) is 10.8. The summed E-state index contributed by atoms with van der Waals surface area (Å²) in [6.45, 7) is 2.05. The Balaban J connectivity index is 2.55. The summed E-state index contributed by atoms with van der Waals surface area (Å²) < 4.78 is 5.34. The molecule has 84 valence electrons. The van der Waals surface area contributed by atoms with E-state index in [4.69, 9.17) is 9.52 Å². The van der Waals surface area contributed by atoms with Crippen LogP contribution < -0.4 is 0 Å². The maximum Gasteiger partial charge on any atom is 0.372 e. The molecule has 4 heteroatoms. The van der Waals surface area contributed by atoms with Gasteiger partial charge in [0.2, 0.25) is 5.76 Å². The van der Waals surface area contributed by atoms with Crippen LogP contribution in [-0.2, 0) is 5.75 Å². The van der Waals surface area contributed by atoms with Gasteiger partial charge in [0, 0.05) is 16.7 Å². The summed E-state index contributed by atoms with van der Waals surface area (Å²) in [6.07, 6.45) is 0. The van der Waals surface area contributed by atoms with Gasteiger partial charge in [-0.2, -0.15) is 11.8 Å². The number of aromatic carboxylic acids is 1. The number of hydrogen-bond donors (Lipinski definition) is 1. The summed E-state index contributed by atoms with van der Waals surface area (Å²) in [6, 6.07) is 7.43. The highest BCUT2D eigenvalue weighted by molar-refractivity contribution is 7.98. The van der Waals surface area contributed by atoms with Crippen LogP contribution in [0.2, 0.25) is 0 Å². The van der Waals surface area contributed by atoms with E-state index in [9.17, 15) is 4.79 Å². The summed E-state index contributed by atoms with van der Waals surface area (Å²) in [4.78, 5) is 11.1. The maximum atomic E-state index is 11.1. The van der Waals surface area contributed by atoms with Crippen LogP contribution >= 0.6 is 11.8 Å². The van der Waals surface area contributed by atoms with Crippen molar-refractivity contribution in [1.29, 1.82) is 0 Å². The zero-order chi connectivity index (χ0) is 11.5. The van der Waals surface area contributed by atoms with Crippen LogP contribution in [0, 0.1) is 0 Å². The predicted octanol–water partition coefficient (Wildman–Crippen LogP) is 3.38. The molecule has 0 saturated heterocycles. The summed E-state index contributed by atoms with van der Waals surface area (Å²) in [7, 11) is 0. The number of benzene rings is 1. The third-order valence-electron chi connectivity index (χ3n) is 2.34. The molecule has 3 nitrogen and oxygen atoms in total. The van der Waals surface area contributed by atoms with Crippen LogP contribution in [0.5, 0.6) is 0 Å². The number of carbonyl (C=O) groups is 1. The van der Waals surface area contributed by atoms with Crippen LogP contribution in [0.25, 0.3) is 11.0 Å². The van der Waals surface area contributed by atoms with Crippen LogP contribution in [0.4, 0.5) is 0 Å². The van der Waals surface area contributed by atoms with E-state index in [0.29, 0.717) is 11.3 Å². The van der Waals surface area contributed by atoms with Crippen molar-refractivity contribution in [2.24, 2.45) is 0 Å². The smallest absolute Gasteiger partial charge is 0.372 e. The van der Waals surface area contributed by atoms with E-state index in [1.54, 1.807) is 17.8 Å². The lowest BCUT2D eigenvalue weighted by molar-refractivity contribution is 0.0664. The Labute approximate surface area is 97.4 Å². The number of fused-ring (bicyclic) bond motifs is 1. The first kappa shape index (κ1) is 11.1. The number of furan rings is 1. The van der Waals surface area contributed by atoms with E-state index in [1.807, 2.05) is 25.1 Å². The van der Waals surface area contributed by atoms with Crippen LogP contribution in [0.15, 0.2) is 28.7 Å². The van der Waals surface area contributed by atoms with Gasteiger partial charge in [-0.05, 0) is 11.8 Å². The summed E-state index contributed by atoms with van der Waals surface area (Å²) >= 11 is 1.69. The molecule has 2 aromatic rings. The zero-order valence-electron chi connectivity index (χ0n) is 8.90. The first-order valence-electron chi connectivity index (χ1n) is 5.05. The molecule has 0 bridgehead atoms. The molecule has 1 aromatic heterocycles. The molecule has 0 atom stereocenters. The SMILES string of the molecule is CCSCc1c(C(=O)O)oc2ccccc12. The zero-order valence-corrected chi connectivity index (χ0v) is 9.71. The summed E-state index contributed by atoms with van der Waals surface area (Å²) in [5, 5.41) is 9.97. The van der Waals surface area contributed by atoms with Gasteiger partial charge in [-0.3, -0.25) is 0 Å². The first-order valence-corrected chi connectivity index (χ1v) is 6.21. The second-order valence-corrected chi connectivity index (χ2v) is 4.62. The van der Waals surface area contributed by atoms with Crippen molar-refractivity contribution in [3.8, 4) is 0 Å². The van der Waals surface area contributed by atoms with Crippen molar-refractivity contribution >= 4 is 28.7 Å². The van der Waals surface area contributed by atoms with Crippen molar-refractivity contribution in [2.45, 2.75) is 12.7 Å². The van der Waals surface area contributed by atoms with E-state index in [0.717, 1.165) is 16.7 Å². The third kappa shape index (κ3) is 1.93. The molecule has 2 rings (SSSR count). The van der Waals surface area contributed by atoms with Crippen LogP contribution in [0.3, 0.4) is 0 Å². The predicted molar refractivity (Wildman–Crippen MR) is 65.0 cm³/mol. The van der Waals surface area contributed by atoms with Crippen LogP contribution in [0.1, 0.15) is 23.0 Å². The number of para-hydroxylation sites is 1. The molecule has 0 aliphatic rings. The average molecular weight is 236 g/mol. The van der Waals surface area contributed by atoms with Crippen molar-refractivity contribution in [3.63, 3.8) is 0 Å². The summed E-state index contributed by atoms with van der Waals surface area (Å²) in [5.41, 5.74) is 1.43. The minimum absolute atomic E-state index is 0.0714. The largest absolute Gasteiger partial charge is 0.475 e. The Morgan fingerprint density at radius 1 is 1.44 bits per heavy atom. The van der Waals surface area contributed by atoms with Gasteiger partial charge in [0.15, 0.2) is 0 Å². The van der Waals surface area contributed by atoms with Gasteiger partial charge in [0.25, 0.3) is 0 Å². The van der Waals surface area contributed by atoms with Gasteiger partial charge in [-0.1, -0.05) is 25.1 Å². The van der Waals surface area contributed by atoms with Crippen molar-refractivity contribution < 1.29 is 14.3 Å². The van der Waals surface area contributed by atoms with Gasteiger partial charge in [0.1, 0.15) is 5.58 Å². The Bertz CT molecular complexity index is 516. The molecule has 1 heterocycles. The lowest BCUT2D eigenvalue weighted by Gasteiger charge is -1.97. The Hall–Kier alpha value is -1.42. The number of carboxylic acids is 1. The van der Waals surface area contributed by atoms with Crippen molar-refractivity contribution in [2.75, 3.05) is 5.75 Å². The minimum Gasteiger partial charge on any atom is -0.475 e. The first-order chi connectivity index (χ1) is 7.74. The fourth-order valence-electron chi connectivity index (χ4n) is 1.62. The monoisotopic (exact) mass is 236 g/mol. The number of thioether (sulfide) groups is 1. The molecule has 0 amide bonds. The second kappa shape index (κ2) is 4.61. The van der Waals surface area contributed by atoms with E-state index in [2.05, 4.69) is 0 Å². The van der Waals surface area contributed by atoms with Gasteiger partial charge in [-0.25, -0.2) is 4.79 Å². The highest BCUT2D eigenvalue weighted by Crippen LogP contribution is 2.29. The highest BCUT2D eigenvalue weighted by atomic mass is 32.2. The molecule has 1 N–H and O–H groups in total. The molecule has 0 fully saturated rings. The van der Waals surface area contributed by atoms with Gasteiger partial charge >= 0.3 is 5.97 Å². The van der Waals surface area contributed by atoms with Gasteiger partial charge in [0.05, 0.1) is 0 Å².